The van der Waals surface area contributed by atoms with Crippen molar-refractivity contribution in [2.75, 3.05) is 0 Å². The van der Waals surface area contributed by atoms with Crippen LogP contribution in [0.3, 0.4) is 0 Å². The quantitative estimate of drug-likeness (QED) is 0.631. The molecule has 0 bridgehead atoms. The van der Waals surface area contributed by atoms with E-state index in [1.54, 1.807) is 0 Å². The van der Waals surface area contributed by atoms with E-state index in [1.807, 2.05) is 48.0 Å². The maximum Gasteiger partial charge on any atom is 0.140 e. The molecule has 3 aromatic rings. The first-order valence-electron chi connectivity index (χ1n) is 5.44. The minimum Gasteiger partial charge on any atom is -0.305 e. The lowest BCUT2D eigenvalue weighted by Gasteiger charge is -1.97. The largest absolute Gasteiger partial charge is 0.305 e. The van der Waals surface area contributed by atoms with Gasteiger partial charge in [0.05, 0.1) is 10.7 Å². The van der Waals surface area contributed by atoms with Crippen molar-refractivity contribution in [1.82, 2.24) is 9.38 Å². The molecule has 3 heteroatoms. The maximum absolute atomic E-state index is 6.03. The molecule has 0 fully saturated rings. The molecule has 84 valence electrons. The Bertz CT molecular complexity index is 671. The molecule has 2 nitrogen and oxygen atoms in total. The zero-order chi connectivity index (χ0) is 11.8. The van der Waals surface area contributed by atoms with E-state index < -0.39 is 0 Å². The third kappa shape index (κ3) is 1.81. The van der Waals surface area contributed by atoms with Crippen LogP contribution in [0.25, 0.3) is 16.9 Å². The molecule has 0 atom stereocenters. The Balaban J connectivity index is 2.24. The number of fused-ring (bicyclic) bond motifs is 1. The summed E-state index contributed by atoms with van der Waals surface area (Å²) in [5.74, 6) is 0. The van der Waals surface area contributed by atoms with Crippen molar-refractivity contribution in [2.24, 2.45) is 0 Å². The summed E-state index contributed by atoms with van der Waals surface area (Å²) in [7, 11) is 0. The van der Waals surface area contributed by atoms with Gasteiger partial charge in [-0.3, -0.25) is 0 Å². The molecule has 2 aromatic heterocycles. The van der Waals surface area contributed by atoms with Gasteiger partial charge in [-0.1, -0.05) is 41.9 Å². The molecule has 0 aliphatic heterocycles. The van der Waals surface area contributed by atoms with Crippen molar-refractivity contribution in [3.05, 3.63) is 59.4 Å². The van der Waals surface area contributed by atoms with Gasteiger partial charge in [-0.15, -0.1) is 0 Å². The van der Waals surface area contributed by atoms with Crippen LogP contribution in [0.2, 0.25) is 5.02 Å². The van der Waals surface area contributed by atoms with Crippen LogP contribution in [0.1, 0.15) is 5.56 Å². The Labute approximate surface area is 104 Å². The van der Waals surface area contributed by atoms with Crippen molar-refractivity contribution in [1.29, 1.82) is 0 Å². The number of rotatable bonds is 1. The van der Waals surface area contributed by atoms with Crippen LogP contribution >= 0.6 is 11.6 Å². The normalized spacial score (nSPS) is 10.9. The summed E-state index contributed by atoms with van der Waals surface area (Å²) in [5, 5.41) is 0.729. The highest BCUT2D eigenvalue weighted by molar-refractivity contribution is 6.30. The second-order valence-electron chi connectivity index (χ2n) is 4.06. The molecule has 2 heterocycles. The zero-order valence-electron chi connectivity index (χ0n) is 9.39. The van der Waals surface area contributed by atoms with Crippen LogP contribution in [0, 0.1) is 6.92 Å². The first-order valence-corrected chi connectivity index (χ1v) is 5.82. The SMILES string of the molecule is Cc1cc(Cl)cn2cc(-c3ccccc3)nc12. The first-order chi connectivity index (χ1) is 8.24. The van der Waals surface area contributed by atoms with E-state index in [4.69, 9.17) is 11.6 Å². The Hall–Kier alpha value is -1.80. The third-order valence-corrected chi connectivity index (χ3v) is 2.98. The number of aryl methyl sites for hydroxylation is 1. The summed E-state index contributed by atoms with van der Waals surface area (Å²) in [6.45, 7) is 2.02. The minimum absolute atomic E-state index is 0.729. The summed E-state index contributed by atoms with van der Waals surface area (Å²) in [5.41, 5.74) is 4.12. The molecule has 1 aromatic carbocycles. The van der Waals surface area contributed by atoms with Gasteiger partial charge < -0.3 is 4.40 Å². The molecule has 0 saturated heterocycles. The molecule has 0 saturated carbocycles. The van der Waals surface area contributed by atoms with Gasteiger partial charge >= 0.3 is 0 Å². The lowest BCUT2D eigenvalue weighted by atomic mass is 10.2. The van der Waals surface area contributed by atoms with Gasteiger partial charge in [0.2, 0.25) is 0 Å². The molecule has 3 rings (SSSR count). The van der Waals surface area contributed by atoms with Crippen molar-refractivity contribution < 1.29 is 0 Å². The molecule has 0 N–H and O–H groups in total. The van der Waals surface area contributed by atoms with Gasteiger partial charge in [0.25, 0.3) is 0 Å². The number of aromatic nitrogens is 2. The van der Waals surface area contributed by atoms with Gasteiger partial charge in [-0.25, -0.2) is 4.98 Å². The molecule has 0 amide bonds. The Morgan fingerprint density at radius 1 is 1.12 bits per heavy atom. The minimum atomic E-state index is 0.729. The van der Waals surface area contributed by atoms with E-state index in [0.29, 0.717) is 0 Å². The molecule has 0 aliphatic carbocycles. The van der Waals surface area contributed by atoms with E-state index in [1.165, 1.54) is 0 Å². The molecule has 0 radical (unpaired) electrons. The smallest absolute Gasteiger partial charge is 0.140 e. The van der Waals surface area contributed by atoms with E-state index in [-0.39, 0.29) is 0 Å². The number of hydrogen-bond donors (Lipinski definition) is 0. The second-order valence-corrected chi connectivity index (χ2v) is 4.50. The zero-order valence-corrected chi connectivity index (χ0v) is 10.1. The van der Waals surface area contributed by atoms with Gasteiger partial charge in [0.1, 0.15) is 5.65 Å². The fourth-order valence-electron chi connectivity index (χ4n) is 1.97. The summed E-state index contributed by atoms with van der Waals surface area (Å²) < 4.78 is 1.97. The number of nitrogens with zero attached hydrogens (tertiary/aromatic N) is 2. The highest BCUT2D eigenvalue weighted by atomic mass is 35.5. The topological polar surface area (TPSA) is 17.3 Å². The van der Waals surface area contributed by atoms with Crippen LogP contribution in [-0.2, 0) is 0 Å². The molecule has 0 aliphatic rings. The Kier molecular flexibility index (Phi) is 2.37. The van der Waals surface area contributed by atoms with Crippen LogP contribution in [0.5, 0.6) is 0 Å². The van der Waals surface area contributed by atoms with Crippen LogP contribution in [0.15, 0.2) is 48.8 Å². The lowest BCUT2D eigenvalue weighted by molar-refractivity contribution is 1.16. The summed E-state index contributed by atoms with van der Waals surface area (Å²) >= 11 is 6.03. The number of hydrogen-bond acceptors (Lipinski definition) is 1. The summed E-state index contributed by atoms with van der Waals surface area (Å²) in [6.07, 6.45) is 3.88. The van der Waals surface area contributed by atoms with E-state index in [2.05, 4.69) is 17.1 Å². The fraction of sp³-hybridized carbons (Fsp3) is 0.0714. The van der Waals surface area contributed by atoms with E-state index in [0.717, 1.165) is 27.5 Å². The van der Waals surface area contributed by atoms with E-state index >= 15 is 0 Å². The number of pyridine rings is 1. The van der Waals surface area contributed by atoms with Crippen LogP contribution in [-0.4, -0.2) is 9.38 Å². The summed E-state index contributed by atoms with van der Waals surface area (Å²) in [4.78, 5) is 4.63. The standard InChI is InChI=1S/C14H11ClN2/c1-10-7-12(15)8-17-9-13(16-14(10)17)11-5-3-2-4-6-11/h2-9H,1H3. The van der Waals surface area contributed by atoms with E-state index in [9.17, 15) is 0 Å². The van der Waals surface area contributed by atoms with Crippen molar-refractivity contribution >= 4 is 17.2 Å². The molecule has 0 spiro atoms. The summed E-state index contributed by atoms with van der Waals surface area (Å²) in [6, 6.07) is 12.1. The number of halogens is 1. The molecular formula is C14H11ClN2. The fourth-order valence-corrected chi connectivity index (χ4v) is 2.24. The Morgan fingerprint density at radius 2 is 1.88 bits per heavy atom. The highest BCUT2D eigenvalue weighted by Crippen LogP contribution is 2.22. The third-order valence-electron chi connectivity index (χ3n) is 2.77. The van der Waals surface area contributed by atoms with Gasteiger partial charge in [-0.2, -0.15) is 0 Å². The van der Waals surface area contributed by atoms with Gasteiger partial charge in [0.15, 0.2) is 0 Å². The van der Waals surface area contributed by atoms with Crippen molar-refractivity contribution in [3.63, 3.8) is 0 Å². The van der Waals surface area contributed by atoms with Crippen molar-refractivity contribution in [3.8, 4) is 11.3 Å². The van der Waals surface area contributed by atoms with Crippen LogP contribution in [0.4, 0.5) is 0 Å². The average Bonchev–Trinajstić information content (AvgIpc) is 2.74. The monoisotopic (exact) mass is 242 g/mol. The highest BCUT2D eigenvalue weighted by Gasteiger charge is 2.06. The number of imidazole rings is 1. The predicted octanol–water partition coefficient (Wildman–Crippen LogP) is 3.96. The van der Waals surface area contributed by atoms with Gasteiger partial charge in [-0.05, 0) is 18.6 Å². The molecule has 0 unspecified atom stereocenters. The van der Waals surface area contributed by atoms with Gasteiger partial charge in [0, 0.05) is 18.0 Å². The number of benzene rings is 1. The molecular weight excluding hydrogens is 232 g/mol. The maximum atomic E-state index is 6.03. The molecule has 17 heavy (non-hydrogen) atoms. The Morgan fingerprint density at radius 3 is 2.65 bits per heavy atom. The average molecular weight is 243 g/mol. The predicted molar refractivity (Wildman–Crippen MR) is 70.4 cm³/mol. The second kappa shape index (κ2) is 3.90. The van der Waals surface area contributed by atoms with Crippen molar-refractivity contribution in [2.45, 2.75) is 6.92 Å². The van der Waals surface area contributed by atoms with Crippen LogP contribution < -0.4 is 0 Å². The first kappa shape index (κ1) is 10.4. The lowest BCUT2D eigenvalue weighted by Crippen LogP contribution is -1.85.